The monoisotopic (exact) mass is 375 g/mol. The van der Waals surface area contributed by atoms with E-state index in [2.05, 4.69) is 5.32 Å². The van der Waals surface area contributed by atoms with Crippen LogP contribution in [0.5, 0.6) is 0 Å². The van der Waals surface area contributed by atoms with Crippen LogP contribution in [0.2, 0.25) is 5.02 Å². The topological polar surface area (TPSA) is 69.7 Å². The van der Waals surface area contributed by atoms with Crippen LogP contribution < -0.4 is 10.2 Å². The molecule has 26 heavy (non-hydrogen) atoms. The quantitative estimate of drug-likeness (QED) is 0.826. The molecule has 4 amide bonds. The number of nitrogens with zero attached hydrogens (tertiary/aromatic N) is 2. The molecule has 1 saturated heterocycles. The van der Waals surface area contributed by atoms with Gasteiger partial charge in [0.1, 0.15) is 6.04 Å². The summed E-state index contributed by atoms with van der Waals surface area (Å²) in [5.74, 6) is -0.402. The van der Waals surface area contributed by atoms with Gasteiger partial charge in [-0.15, -0.1) is 0 Å². The van der Waals surface area contributed by atoms with Crippen molar-refractivity contribution in [3.05, 3.63) is 28.8 Å². The number of carbonyl (C=O) groups is 3. The molecule has 0 bridgehead atoms. The second kappa shape index (κ2) is 6.91. The SMILES string of the molecule is O=C(C[C@H]1NC(=O)N(C2CCCCC2)C1=O)N1CCc2cc(Cl)ccc21. The highest BCUT2D eigenvalue weighted by molar-refractivity contribution is 6.30. The van der Waals surface area contributed by atoms with Crippen molar-refractivity contribution < 1.29 is 14.4 Å². The Hall–Kier alpha value is -2.08. The molecule has 1 aliphatic carbocycles. The minimum absolute atomic E-state index is 0.00411. The molecule has 138 valence electrons. The van der Waals surface area contributed by atoms with Crippen LogP contribution in [0.15, 0.2) is 18.2 Å². The highest BCUT2D eigenvalue weighted by Crippen LogP contribution is 2.31. The van der Waals surface area contributed by atoms with Gasteiger partial charge in [-0.25, -0.2) is 4.79 Å². The lowest BCUT2D eigenvalue weighted by Gasteiger charge is -2.28. The van der Waals surface area contributed by atoms with Crippen molar-refractivity contribution in [3.63, 3.8) is 0 Å². The number of halogens is 1. The van der Waals surface area contributed by atoms with Gasteiger partial charge < -0.3 is 10.2 Å². The number of nitrogens with one attached hydrogen (secondary N) is 1. The van der Waals surface area contributed by atoms with Crippen LogP contribution >= 0.6 is 11.6 Å². The van der Waals surface area contributed by atoms with Gasteiger partial charge in [-0.3, -0.25) is 14.5 Å². The van der Waals surface area contributed by atoms with Crippen molar-refractivity contribution in [1.82, 2.24) is 10.2 Å². The Kier molecular flexibility index (Phi) is 4.61. The summed E-state index contributed by atoms with van der Waals surface area (Å²) < 4.78 is 0. The van der Waals surface area contributed by atoms with Gasteiger partial charge in [0.25, 0.3) is 5.91 Å². The second-order valence-corrected chi connectivity index (χ2v) is 7.71. The van der Waals surface area contributed by atoms with E-state index in [1.54, 1.807) is 11.0 Å². The lowest BCUT2D eigenvalue weighted by atomic mass is 9.94. The number of hydrogen-bond acceptors (Lipinski definition) is 3. The summed E-state index contributed by atoms with van der Waals surface area (Å²) in [6.07, 6.45) is 5.70. The molecule has 3 aliphatic rings. The minimum Gasteiger partial charge on any atom is -0.325 e. The Labute approximate surface area is 157 Å². The van der Waals surface area contributed by atoms with Crippen LogP contribution in [-0.4, -0.2) is 41.4 Å². The third kappa shape index (κ3) is 3.07. The van der Waals surface area contributed by atoms with Gasteiger partial charge >= 0.3 is 6.03 Å². The molecule has 0 aromatic heterocycles. The molecule has 0 radical (unpaired) electrons. The van der Waals surface area contributed by atoms with Gasteiger partial charge in [0.05, 0.1) is 6.42 Å². The van der Waals surface area contributed by atoms with Crippen LogP contribution in [0.4, 0.5) is 10.5 Å². The number of imide groups is 1. The molecule has 4 rings (SSSR count). The lowest BCUT2D eigenvalue weighted by molar-refractivity contribution is -0.131. The average molecular weight is 376 g/mol. The molecule has 2 aliphatic heterocycles. The number of carbonyl (C=O) groups excluding carboxylic acids is 3. The Balaban J connectivity index is 1.44. The Morgan fingerprint density at radius 3 is 2.73 bits per heavy atom. The summed E-state index contributed by atoms with van der Waals surface area (Å²) in [6.45, 7) is 0.579. The first kappa shape index (κ1) is 17.3. The zero-order valence-corrected chi connectivity index (χ0v) is 15.3. The molecule has 1 saturated carbocycles. The average Bonchev–Trinajstić information content (AvgIpc) is 3.16. The summed E-state index contributed by atoms with van der Waals surface area (Å²) in [5.41, 5.74) is 1.89. The van der Waals surface area contributed by atoms with Gasteiger partial charge in [0.2, 0.25) is 5.91 Å². The van der Waals surface area contributed by atoms with Gasteiger partial charge in [-0.05, 0) is 43.0 Å². The maximum absolute atomic E-state index is 12.8. The van der Waals surface area contributed by atoms with Gasteiger partial charge in [0.15, 0.2) is 0 Å². The van der Waals surface area contributed by atoms with Gasteiger partial charge in [-0.1, -0.05) is 30.9 Å². The Morgan fingerprint density at radius 2 is 1.96 bits per heavy atom. The normalized spacial score (nSPS) is 23.3. The second-order valence-electron chi connectivity index (χ2n) is 7.27. The molecule has 7 heteroatoms. The summed E-state index contributed by atoms with van der Waals surface area (Å²) in [5, 5.41) is 3.36. The first-order chi connectivity index (χ1) is 12.5. The molecule has 1 atom stereocenters. The van der Waals surface area contributed by atoms with E-state index in [4.69, 9.17) is 11.6 Å². The lowest BCUT2D eigenvalue weighted by Crippen LogP contribution is -2.42. The molecule has 6 nitrogen and oxygen atoms in total. The number of amides is 4. The number of rotatable bonds is 3. The number of fused-ring (bicyclic) bond motifs is 1. The van der Waals surface area contributed by atoms with E-state index in [1.165, 1.54) is 4.90 Å². The van der Waals surface area contributed by atoms with Gasteiger partial charge in [0, 0.05) is 23.3 Å². The summed E-state index contributed by atoms with van der Waals surface area (Å²) in [6, 6.07) is 4.34. The van der Waals surface area contributed by atoms with Crippen LogP contribution in [0.25, 0.3) is 0 Å². The van der Waals surface area contributed by atoms with E-state index >= 15 is 0 Å². The highest BCUT2D eigenvalue weighted by atomic mass is 35.5. The predicted molar refractivity (Wildman–Crippen MR) is 98.2 cm³/mol. The first-order valence-corrected chi connectivity index (χ1v) is 9.65. The third-order valence-electron chi connectivity index (χ3n) is 5.61. The van der Waals surface area contributed by atoms with Crippen molar-refractivity contribution in [2.24, 2.45) is 0 Å². The highest BCUT2D eigenvalue weighted by Gasteiger charge is 2.43. The van der Waals surface area contributed by atoms with Crippen LogP contribution in [0.3, 0.4) is 0 Å². The molecular weight excluding hydrogens is 354 g/mol. The van der Waals surface area contributed by atoms with E-state index in [9.17, 15) is 14.4 Å². The van der Waals surface area contributed by atoms with Crippen molar-refractivity contribution in [1.29, 1.82) is 0 Å². The standard InChI is InChI=1S/C19H22ClN3O3/c20-13-6-7-16-12(10-13)8-9-22(16)17(24)11-15-18(25)23(19(26)21-15)14-4-2-1-3-5-14/h6-7,10,14-15H,1-5,8-9,11H2,(H,21,26)/t15-/m1/s1. The predicted octanol–water partition coefficient (Wildman–Crippen LogP) is 2.87. The number of benzene rings is 1. The minimum atomic E-state index is -0.756. The maximum Gasteiger partial charge on any atom is 0.325 e. The molecule has 1 aromatic carbocycles. The van der Waals surface area contributed by atoms with Crippen LogP contribution in [0, 0.1) is 0 Å². The van der Waals surface area contributed by atoms with E-state index in [-0.39, 0.29) is 30.3 Å². The van der Waals surface area contributed by atoms with Crippen LogP contribution in [-0.2, 0) is 16.0 Å². The third-order valence-corrected chi connectivity index (χ3v) is 5.84. The number of anilines is 1. The van der Waals surface area contributed by atoms with Crippen molar-refractivity contribution in [2.45, 2.75) is 57.0 Å². The molecule has 0 unspecified atom stereocenters. The molecular formula is C19H22ClN3O3. The largest absolute Gasteiger partial charge is 0.325 e. The summed E-state index contributed by atoms with van der Waals surface area (Å²) in [7, 11) is 0. The molecule has 1 N–H and O–H groups in total. The van der Waals surface area contributed by atoms with E-state index in [0.29, 0.717) is 11.6 Å². The van der Waals surface area contributed by atoms with Crippen molar-refractivity contribution in [2.75, 3.05) is 11.4 Å². The fourth-order valence-electron chi connectivity index (χ4n) is 4.29. The molecule has 2 fully saturated rings. The van der Waals surface area contributed by atoms with E-state index in [0.717, 1.165) is 49.8 Å². The number of hydrogen-bond donors (Lipinski definition) is 1. The number of urea groups is 1. The smallest absolute Gasteiger partial charge is 0.325 e. The fourth-order valence-corrected chi connectivity index (χ4v) is 4.48. The molecule has 0 spiro atoms. The van der Waals surface area contributed by atoms with Crippen molar-refractivity contribution in [3.8, 4) is 0 Å². The van der Waals surface area contributed by atoms with Gasteiger partial charge in [-0.2, -0.15) is 0 Å². The molecule has 1 aromatic rings. The Bertz CT molecular complexity index is 760. The Morgan fingerprint density at radius 1 is 1.19 bits per heavy atom. The van der Waals surface area contributed by atoms with Crippen molar-refractivity contribution >= 4 is 35.1 Å². The fraction of sp³-hybridized carbons (Fsp3) is 0.526. The first-order valence-electron chi connectivity index (χ1n) is 9.27. The zero-order chi connectivity index (χ0) is 18.3. The summed E-state index contributed by atoms with van der Waals surface area (Å²) >= 11 is 6.01. The zero-order valence-electron chi connectivity index (χ0n) is 14.5. The summed E-state index contributed by atoms with van der Waals surface area (Å²) in [4.78, 5) is 40.8. The van der Waals surface area contributed by atoms with E-state index < -0.39 is 6.04 Å². The maximum atomic E-state index is 12.8. The van der Waals surface area contributed by atoms with Crippen LogP contribution in [0.1, 0.15) is 44.1 Å². The van der Waals surface area contributed by atoms with E-state index in [1.807, 2.05) is 12.1 Å². The molecule has 2 heterocycles.